The molecule has 0 atom stereocenters. The summed E-state index contributed by atoms with van der Waals surface area (Å²) in [5, 5.41) is 2.47. The molecule has 4 rings (SSSR count). The number of rotatable bonds is 4. The number of hydrogen-bond acceptors (Lipinski definition) is 3. The van der Waals surface area contributed by atoms with Crippen molar-refractivity contribution in [2.45, 2.75) is 39.3 Å². The zero-order valence-electron chi connectivity index (χ0n) is 16.3. The monoisotopic (exact) mass is 396 g/mol. The van der Waals surface area contributed by atoms with Gasteiger partial charge in [-0.05, 0) is 79.1 Å². The normalized spacial score (nSPS) is 15.8. The van der Waals surface area contributed by atoms with E-state index in [1.54, 1.807) is 6.20 Å². The van der Waals surface area contributed by atoms with Gasteiger partial charge in [0.05, 0.1) is 0 Å². The molecule has 5 heteroatoms. The van der Waals surface area contributed by atoms with Gasteiger partial charge < -0.3 is 9.72 Å². The zero-order chi connectivity index (χ0) is 19.7. The van der Waals surface area contributed by atoms with E-state index < -0.39 is 0 Å². The first kappa shape index (κ1) is 19.0. The van der Waals surface area contributed by atoms with Crippen molar-refractivity contribution >= 4 is 22.4 Å². The van der Waals surface area contributed by atoms with Gasteiger partial charge in [0.25, 0.3) is 5.56 Å². The van der Waals surface area contributed by atoms with Gasteiger partial charge >= 0.3 is 0 Å². The number of aryl methyl sites for hydroxylation is 2. The van der Waals surface area contributed by atoms with Crippen LogP contribution in [0.25, 0.3) is 10.8 Å². The number of likely N-dealkylation sites (tertiary alicyclic amines) is 1. The van der Waals surface area contributed by atoms with Crippen LogP contribution < -0.4 is 10.3 Å². The number of nitrogens with one attached hydrogen (secondary N) is 1. The molecule has 0 aliphatic carbocycles. The lowest BCUT2D eigenvalue weighted by molar-refractivity contribution is 0.0969. The number of pyridine rings is 1. The Balaban J connectivity index is 1.38. The van der Waals surface area contributed by atoms with Crippen molar-refractivity contribution in [2.24, 2.45) is 0 Å². The highest BCUT2D eigenvalue weighted by Crippen LogP contribution is 2.25. The first-order valence-electron chi connectivity index (χ1n) is 9.75. The fourth-order valence-corrected chi connectivity index (χ4v) is 4.30. The summed E-state index contributed by atoms with van der Waals surface area (Å²) in [6, 6.07) is 12.0. The molecular weight excluding hydrogens is 372 g/mol. The number of halogens is 1. The van der Waals surface area contributed by atoms with E-state index in [0.29, 0.717) is 5.39 Å². The Morgan fingerprint density at radius 1 is 1.11 bits per heavy atom. The SMILES string of the molecule is Cc1cc(Cl)cc(CN2CCC(Oc3ccc4c(=O)[nH]cc(C)c4c3)CC2)c1. The summed E-state index contributed by atoms with van der Waals surface area (Å²) in [5.74, 6) is 0.838. The highest BCUT2D eigenvalue weighted by Gasteiger charge is 2.21. The van der Waals surface area contributed by atoms with E-state index in [4.69, 9.17) is 16.3 Å². The highest BCUT2D eigenvalue weighted by molar-refractivity contribution is 6.30. The molecule has 1 fully saturated rings. The molecule has 146 valence electrons. The Morgan fingerprint density at radius 2 is 1.89 bits per heavy atom. The second kappa shape index (κ2) is 7.98. The summed E-state index contributed by atoms with van der Waals surface area (Å²) in [6.07, 6.45) is 3.94. The third kappa shape index (κ3) is 4.23. The van der Waals surface area contributed by atoms with E-state index in [9.17, 15) is 4.79 Å². The van der Waals surface area contributed by atoms with E-state index in [-0.39, 0.29) is 11.7 Å². The maximum atomic E-state index is 12.0. The highest BCUT2D eigenvalue weighted by atomic mass is 35.5. The summed E-state index contributed by atoms with van der Waals surface area (Å²) >= 11 is 6.18. The molecule has 1 aromatic heterocycles. The van der Waals surface area contributed by atoms with Gasteiger partial charge in [-0.1, -0.05) is 17.7 Å². The van der Waals surface area contributed by atoms with Gasteiger partial charge in [0.1, 0.15) is 11.9 Å². The summed E-state index contributed by atoms with van der Waals surface area (Å²) in [5.41, 5.74) is 3.45. The quantitative estimate of drug-likeness (QED) is 0.686. The summed E-state index contributed by atoms with van der Waals surface area (Å²) in [7, 11) is 0. The molecular formula is C23H25ClN2O2. The number of fused-ring (bicyclic) bond motifs is 1. The van der Waals surface area contributed by atoms with Crippen molar-refractivity contribution in [2.75, 3.05) is 13.1 Å². The van der Waals surface area contributed by atoms with Crippen LogP contribution in [0, 0.1) is 13.8 Å². The maximum Gasteiger partial charge on any atom is 0.255 e. The van der Waals surface area contributed by atoms with Gasteiger partial charge in [0.15, 0.2) is 0 Å². The number of aromatic nitrogens is 1. The number of H-pyrrole nitrogens is 1. The maximum absolute atomic E-state index is 12.0. The Morgan fingerprint density at radius 3 is 2.64 bits per heavy atom. The van der Waals surface area contributed by atoms with E-state index in [0.717, 1.165) is 54.2 Å². The lowest BCUT2D eigenvalue weighted by Gasteiger charge is -2.32. The van der Waals surface area contributed by atoms with E-state index in [1.807, 2.05) is 31.2 Å². The van der Waals surface area contributed by atoms with Crippen LogP contribution in [0.15, 0.2) is 47.4 Å². The Bertz CT molecular complexity index is 1030. The molecule has 2 aromatic carbocycles. The summed E-state index contributed by atoms with van der Waals surface area (Å²) < 4.78 is 6.24. The average Bonchev–Trinajstić information content (AvgIpc) is 2.66. The lowest BCUT2D eigenvalue weighted by Crippen LogP contribution is -2.37. The molecule has 0 amide bonds. The Labute approximate surface area is 170 Å². The van der Waals surface area contributed by atoms with Crippen molar-refractivity contribution in [3.63, 3.8) is 0 Å². The van der Waals surface area contributed by atoms with E-state index >= 15 is 0 Å². The number of benzene rings is 2. The predicted molar refractivity (Wildman–Crippen MR) is 114 cm³/mol. The molecule has 0 bridgehead atoms. The average molecular weight is 397 g/mol. The van der Waals surface area contributed by atoms with Crippen LogP contribution in [0.3, 0.4) is 0 Å². The molecule has 1 aliphatic rings. The summed E-state index contributed by atoms with van der Waals surface area (Å²) in [6.45, 7) is 7.00. The van der Waals surface area contributed by atoms with Crippen molar-refractivity contribution in [1.29, 1.82) is 0 Å². The van der Waals surface area contributed by atoms with Crippen molar-refractivity contribution in [1.82, 2.24) is 9.88 Å². The molecule has 1 saturated heterocycles. The third-order valence-electron chi connectivity index (χ3n) is 5.43. The van der Waals surface area contributed by atoms with Crippen LogP contribution in [0.2, 0.25) is 5.02 Å². The van der Waals surface area contributed by atoms with Crippen LogP contribution in [-0.4, -0.2) is 29.1 Å². The van der Waals surface area contributed by atoms with Crippen molar-refractivity contribution < 1.29 is 4.74 Å². The minimum absolute atomic E-state index is 0.0586. The molecule has 0 unspecified atom stereocenters. The minimum Gasteiger partial charge on any atom is -0.490 e. The number of aromatic amines is 1. The zero-order valence-corrected chi connectivity index (χ0v) is 17.1. The van der Waals surface area contributed by atoms with Crippen molar-refractivity contribution in [3.8, 4) is 5.75 Å². The predicted octanol–water partition coefficient (Wildman–Crippen LogP) is 4.84. The number of piperidine rings is 1. The van der Waals surface area contributed by atoms with E-state index in [1.165, 1.54) is 11.1 Å². The molecule has 28 heavy (non-hydrogen) atoms. The van der Waals surface area contributed by atoms with Crippen LogP contribution in [0.1, 0.15) is 29.5 Å². The second-order valence-electron chi connectivity index (χ2n) is 7.74. The van der Waals surface area contributed by atoms with Gasteiger partial charge in [-0.25, -0.2) is 0 Å². The topological polar surface area (TPSA) is 45.3 Å². The van der Waals surface area contributed by atoms with Crippen LogP contribution in [-0.2, 0) is 6.54 Å². The largest absolute Gasteiger partial charge is 0.490 e. The fourth-order valence-electron chi connectivity index (χ4n) is 3.99. The van der Waals surface area contributed by atoms with Gasteiger partial charge in [0.2, 0.25) is 0 Å². The van der Waals surface area contributed by atoms with Gasteiger partial charge in [-0.2, -0.15) is 0 Å². The molecule has 2 heterocycles. The fraction of sp³-hybridized carbons (Fsp3) is 0.348. The van der Waals surface area contributed by atoms with Gasteiger partial charge in [0, 0.05) is 36.2 Å². The molecule has 4 nitrogen and oxygen atoms in total. The Kier molecular flexibility index (Phi) is 5.42. The van der Waals surface area contributed by atoms with Crippen LogP contribution in [0.5, 0.6) is 5.75 Å². The van der Waals surface area contributed by atoms with Gasteiger partial charge in [-0.15, -0.1) is 0 Å². The Hall–Kier alpha value is -2.30. The molecule has 3 aromatic rings. The molecule has 0 spiro atoms. The van der Waals surface area contributed by atoms with E-state index in [2.05, 4.69) is 28.9 Å². The standard InChI is InChI=1S/C23H25ClN2O2/c1-15-9-17(11-18(24)10-15)14-26-7-5-19(6-8-26)28-20-3-4-21-22(12-20)16(2)13-25-23(21)27/h3-4,9-13,19H,5-8,14H2,1-2H3,(H,25,27). The molecule has 0 radical (unpaired) electrons. The van der Waals surface area contributed by atoms with Crippen LogP contribution >= 0.6 is 11.6 Å². The lowest BCUT2D eigenvalue weighted by atomic mass is 10.1. The molecule has 1 N–H and O–H groups in total. The smallest absolute Gasteiger partial charge is 0.255 e. The number of nitrogens with zero attached hydrogens (tertiary/aromatic N) is 1. The molecule has 0 saturated carbocycles. The number of hydrogen-bond donors (Lipinski definition) is 1. The van der Waals surface area contributed by atoms with Crippen LogP contribution in [0.4, 0.5) is 0 Å². The second-order valence-corrected chi connectivity index (χ2v) is 8.17. The third-order valence-corrected chi connectivity index (χ3v) is 5.64. The molecule has 1 aliphatic heterocycles. The minimum atomic E-state index is -0.0586. The first-order chi connectivity index (χ1) is 13.5. The van der Waals surface area contributed by atoms with Crippen molar-refractivity contribution in [3.05, 3.63) is 74.7 Å². The first-order valence-corrected chi connectivity index (χ1v) is 10.1. The van der Waals surface area contributed by atoms with Gasteiger partial charge in [-0.3, -0.25) is 9.69 Å². The number of ether oxygens (including phenoxy) is 1. The summed E-state index contributed by atoms with van der Waals surface area (Å²) in [4.78, 5) is 17.2.